The predicted octanol–water partition coefficient (Wildman–Crippen LogP) is 3.04. The molecule has 2 atom stereocenters. The average Bonchev–Trinajstić information content (AvgIpc) is 3.45. The van der Waals surface area contributed by atoms with Gasteiger partial charge >= 0.3 is 0 Å². The van der Waals surface area contributed by atoms with Crippen LogP contribution in [0.2, 0.25) is 0 Å². The fourth-order valence-corrected chi connectivity index (χ4v) is 3.08. The predicted molar refractivity (Wildman–Crippen MR) is 103 cm³/mol. The Morgan fingerprint density at radius 2 is 2.15 bits per heavy atom. The van der Waals surface area contributed by atoms with E-state index in [0.717, 1.165) is 22.2 Å². The maximum Gasteiger partial charge on any atom is 0.250 e. The van der Waals surface area contributed by atoms with Crippen LogP contribution >= 0.6 is 0 Å². The molecular formula is C21H22N4O2. The van der Waals surface area contributed by atoms with Crippen LogP contribution in [0.25, 0.3) is 11.1 Å². The molecule has 0 unspecified atom stereocenters. The first-order valence-corrected chi connectivity index (χ1v) is 8.85. The van der Waals surface area contributed by atoms with E-state index in [1.54, 1.807) is 19.2 Å². The highest BCUT2D eigenvalue weighted by Crippen LogP contribution is 2.47. The number of aryl methyl sites for hydroxylation is 3. The molecule has 3 aromatic rings. The van der Waals surface area contributed by atoms with E-state index < -0.39 is 12.5 Å². The second-order valence-electron chi connectivity index (χ2n) is 6.93. The summed E-state index contributed by atoms with van der Waals surface area (Å²) in [5.41, 5.74) is 2.66. The maximum absolute atomic E-state index is 12.3. The third-order valence-electron chi connectivity index (χ3n) is 4.78. The summed E-state index contributed by atoms with van der Waals surface area (Å²) in [4.78, 5) is 25.4. The summed E-state index contributed by atoms with van der Waals surface area (Å²) in [6, 6.07) is 6.94. The number of hydrogen-bond donors (Lipinski definition) is 0. The Bertz CT molecular complexity index is 1130. The standard InChI is InChI=1S/C21H22N4O2/c1-13-4-5-19(23-10-13)17-8-16(17)12-27-21-18(11-22-14(2)24-21)15-6-7-25(3)20(26)9-15/h4-7,9-11,16-17H,8,12H2,1-3H3/t16-,17+/m1/s1/i3D3. The van der Waals surface area contributed by atoms with E-state index >= 15 is 0 Å². The molecule has 0 aromatic carbocycles. The molecule has 0 amide bonds. The van der Waals surface area contributed by atoms with Crippen LogP contribution in [-0.4, -0.2) is 26.1 Å². The van der Waals surface area contributed by atoms with Gasteiger partial charge in [0.25, 0.3) is 5.56 Å². The summed E-state index contributed by atoms with van der Waals surface area (Å²) < 4.78 is 29.0. The van der Waals surface area contributed by atoms with Crippen molar-refractivity contribution in [2.24, 2.45) is 12.9 Å². The van der Waals surface area contributed by atoms with Crippen molar-refractivity contribution in [2.45, 2.75) is 26.2 Å². The van der Waals surface area contributed by atoms with Gasteiger partial charge in [0.2, 0.25) is 5.88 Å². The van der Waals surface area contributed by atoms with Crippen molar-refractivity contribution in [1.82, 2.24) is 19.5 Å². The van der Waals surface area contributed by atoms with Gasteiger partial charge in [0.15, 0.2) is 0 Å². The summed E-state index contributed by atoms with van der Waals surface area (Å²) in [6.07, 6.45) is 5.73. The van der Waals surface area contributed by atoms with E-state index in [1.807, 2.05) is 13.1 Å². The quantitative estimate of drug-likeness (QED) is 0.695. The molecule has 0 bridgehead atoms. The Morgan fingerprint density at radius 1 is 1.26 bits per heavy atom. The lowest BCUT2D eigenvalue weighted by atomic mass is 10.1. The molecule has 3 aromatic heterocycles. The molecule has 1 saturated carbocycles. The number of hydrogen-bond acceptors (Lipinski definition) is 5. The fraction of sp³-hybridized carbons (Fsp3) is 0.333. The smallest absolute Gasteiger partial charge is 0.250 e. The molecule has 4 rings (SSSR count). The molecule has 0 saturated heterocycles. The van der Waals surface area contributed by atoms with E-state index in [2.05, 4.69) is 27.1 Å². The summed E-state index contributed by atoms with van der Waals surface area (Å²) in [7, 11) is 0. The minimum absolute atomic E-state index is 0.354. The normalized spacial score (nSPS) is 20.4. The zero-order valence-corrected chi connectivity index (χ0v) is 15.2. The van der Waals surface area contributed by atoms with Crippen molar-refractivity contribution in [2.75, 3.05) is 6.61 Å². The topological polar surface area (TPSA) is 69.9 Å². The summed E-state index contributed by atoms with van der Waals surface area (Å²) in [5.74, 6) is 1.67. The van der Waals surface area contributed by atoms with Crippen LogP contribution in [0.4, 0.5) is 0 Å². The molecule has 0 radical (unpaired) electrons. The van der Waals surface area contributed by atoms with E-state index in [0.29, 0.717) is 41.3 Å². The van der Waals surface area contributed by atoms with Crippen LogP contribution in [0.3, 0.4) is 0 Å². The van der Waals surface area contributed by atoms with Crippen molar-refractivity contribution < 1.29 is 8.85 Å². The molecule has 1 fully saturated rings. The second kappa shape index (κ2) is 6.95. The first-order valence-electron chi connectivity index (χ1n) is 10.3. The molecule has 27 heavy (non-hydrogen) atoms. The first-order chi connectivity index (χ1) is 14.2. The van der Waals surface area contributed by atoms with Gasteiger partial charge in [0.05, 0.1) is 12.2 Å². The van der Waals surface area contributed by atoms with Gasteiger partial charge in [-0.1, -0.05) is 6.07 Å². The van der Waals surface area contributed by atoms with Crippen LogP contribution in [0.15, 0.2) is 47.7 Å². The number of aromatic nitrogens is 4. The Labute approximate surface area is 162 Å². The second-order valence-corrected chi connectivity index (χ2v) is 6.93. The average molecular weight is 365 g/mol. The summed E-state index contributed by atoms with van der Waals surface area (Å²) in [6.45, 7) is 1.73. The molecule has 1 aliphatic rings. The monoisotopic (exact) mass is 365 g/mol. The zero-order valence-electron chi connectivity index (χ0n) is 18.2. The lowest BCUT2D eigenvalue weighted by Gasteiger charge is -2.11. The number of nitrogens with zero attached hydrogens (tertiary/aromatic N) is 4. The van der Waals surface area contributed by atoms with Crippen LogP contribution in [-0.2, 0) is 6.98 Å². The molecule has 3 heterocycles. The zero-order chi connectivity index (χ0) is 21.5. The third-order valence-corrected chi connectivity index (χ3v) is 4.78. The summed E-state index contributed by atoms with van der Waals surface area (Å²) in [5, 5.41) is 0. The van der Waals surface area contributed by atoms with Gasteiger partial charge in [-0.05, 0) is 43.5 Å². The highest BCUT2D eigenvalue weighted by molar-refractivity contribution is 5.67. The minimum atomic E-state index is -2.52. The van der Waals surface area contributed by atoms with Gasteiger partial charge in [-0.25, -0.2) is 4.98 Å². The van der Waals surface area contributed by atoms with E-state index in [4.69, 9.17) is 8.85 Å². The van der Waals surface area contributed by atoms with Crippen LogP contribution in [0.1, 0.15) is 33.5 Å². The molecular weight excluding hydrogens is 340 g/mol. The first kappa shape index (κ1) is 14.1. The highest BCUT2D eigenvalue weighted by Gasteiger charge is 2.40. The SMILES string of the molecule is [2H]C([2H])([2H])n1ccc(-c2cnc(C)nc2OC[C@H]2C[C@@H]2c2ccc(C)cn2)cc1=O. The molecule has 6 heteroatoms. The lowest BCUT2D eigenvalue weighted by Crippen LogP contribution is -2.14. The van der Waals surface area contributed by atoms with E-state index in [1.165, 1.54) is 12.3 Å². The molecule has 0 N–H and O–H groups in total. The fourth-order valence-electron chi connectivity index (χ4n) is 3.08. The Morgan fingerprint density at radius 3 is 2.89 bits per heavy atom. The van der Waals surface area contributed by atoms with E-state index in [-0.39, 0.29) is 0 Å². The highest BCUT2D eigenvalue weighted by atomic mass is 16.5. The Balaban J connectivity index is 1.53. The van der Waals surface area contributed by atoms with Gasteiger partial charge in [0.1, 0.15) is 5.82 Å². The van der Waals surface area contributed by atoms with Gasteiger partial charge < -0.3 is 9.30 Å². The Hall–Kier alpha value is -3.02. The van der Waals surface area contributed by atoms with Gasteiger partial charge in [-0.15, -0.1) is 0 Å². The van der Waals surface area contributed by atoms with Crippen molar-refractivity contribution >= 4 is 0 Å². The van der Waals surface area contributed by atoms with Crippen LogP contribution < -0.4 is 10.3 Å². The molecule has 6 nitrogen and oxygen atoms in total. The van der Waals surface area contributed by atoms with Gasteiger partial charge in [0, 0.05) is 53.3 Å². The van der Waals surface area contributed by atoms with Gasteiger partial charge in [-0.2, -0.15) is 4.98 Å². The minimum Gasteiger partial charge on any atom is -0.477 e. The van der Waals surface area contributed by atoms with Crippen molar-refractivity contribution in [1.29, 1.82) is 0 Å². The Kier molecular flexibility index (Phi) is 3.62. The van der Waals surface area contributed by atoms with Crippen LogP contribution in [0, 0.1) is 19.8 Å². The molecule has 138 valence electrons. The summed E-state index contributed by atoms with van der Waals surface area (Å²) >= 11 is 0. The van der Waals surface area contributed by atoms with Crippen molar-refractivity contribution in [3.8, 4) is 17.0 Å². The number of rotatable bonds is 5. The molecule has 0 spiro atoms. The number of ether oxygens (including phenoxy) is 1. The third kappa shape index (κ3) is 3.74. The van der Waals surface area contributed by atoms with Gasteiger partial charge in [-0.3, -0.25) is 9.78 Å². The van der Waals surface area contributed by atoms with Crippen molar-refractivity contribution in [3.63, 3.8) is 0 Å². The van der Waals surface area contributed by atoms with E-state index in [9.17, 15) is 4.79 Å². The largest absolute Gasteiger partial charge is 0.477 e. The maximum atomic E-state index is 12.3. The number of pyridine rings is 2. The van der Waals surface area contributed by atoms with Crippen molar-refractivity contribution in [3.05, 3.63) is 70.3 Å². The van der Waals surface area contributed by atoms with Crippen LogP contribution in [0.5, 0.6) is 5.88 Å². The molecule has 1 aliphatic carbocycles. The lowest BCUT2D eigenvalue weighted by molar-refractivity contribution is 0.285. The molecule has 0 aliphatic heterocycles.